The Morgan fingerprint density at radius 1 is 1.35 bits per heavy atom. The van der Waals surface area contributed by atoms with Gasteiger partial charge < -0.3 is 16.4 Å². The molecular weight excluding hydrogens is 282 g/mol. The molecule has 2 aromatic rings. The minimum absolute atomic E-state index is 0.248. The van der Waals surface area contributed by atoms with Gasteiger partial charge >= 0.3 is 6.03 Å². The summed E-state index contributed by atoms with van der Waals surface area (Å²) in [4.78, 5) is 22.8. The summed E-state index contributed by atoms with van der Waals surface area (Å²) >= 11 is 5.96. The fourth-order valence-corrected chi connectivity index (χ4v) is 1.78. The van der Waals surface area contributed by atoms with Crippen molar-refractivity contribution in [2.24, 2.45) is 5.73 Å². The van der Waals surface area contributed by atoms with Crippen LogP contribution >= 0.6 is 11.6 Å². The normalized spacial score (nSPS) is 10.1. The van der Waals surface area contributed by atoms with Gasteiger partial charge in [0.2, 0.25) is 0 Å². The molecular formula is C12H12ClN5O2. The van der Waals surface area contributed by atoms with Crippen molar-refractivity contribution in [3.63, 3.8) is 0 Å². The average Bonchev–Trinajstić information content (AvgIpc) is 2.91. The van der Waals surface area contributed by atoms with E-state index in [4.69, 9.17) is 17.3 Å². The third kappa shape index (κ3) is 3.48. The van der Waals surface area contributed by atoms with Gasteiger partial charge in [0.1, 0.15) is 0 Å². The lowest BCUT2D eigenvalue weighted by molar-refractivity contribution is 0.0950. The highest BCUT2D eigenvalue weighted by Crippen LogP contribution is 2.20. The Bertz CT molecular complexity index is 627. The highest BCUT2D eigenvalue weighted by atomic mass is 35.5. The molecule has 1 aromatic heterocycles. The summed E-state index contributed by atoms with van der Waals surface area (Å²) in [5.41, 5.74) is 6.43. The number of anilines is 1. The topological polar surface area (TPSA) is 113 Å². The van der Waals surface area contributed by atoms with E-state index in [0.29, 0.717) is 12.2 Å². The molecule has 1 heterocycles. The van der Waals surface area contributed by atoms with Crippen LogP contribution < -0.4 is 16.4 Å². The predicted octanol–water partition coefficient (Wildman–Crippen LogP) is 1.48. The maximum atomic E-state index is 12.0. The number of rotatable bonds is 4. The Hall–Kier alpha value is -2.54. The number of aromatic amines is 1. The second-order valence-corrected chi connectivity index (χ2v) is 4.36. The van der Waals surface area contributed by atoms with Gasteiger partial charge in [0.25, 0.3) is 5.91 Å². The first-order valence-electron chi connectivity index (χ1n) is 5.68. The molecule has 0 unspecified atom stereocenters. The van der Waals surface area contributed by atoms with Crippen molar-refractivity contribution in [2.45, 2.75) is 6.54 Å². The summed E-state index contributed by atoms with van der Waals surface area (Å²) < 4.78 is 0. The molecule has 8 heteroatoms. The van der Waals surface area contributed by atoms with Crippen molar-refractivity contribution >= 4 is 29.2 Å². The molecule has 0 atom stereocenters. The van der Waals surface area contributed by atoms with E-state index in [1.54, 1.807) is 18.3 Å². The van der Waals surface area contributed by atoms with Gasteiger partial charge in [-0.05, 0) is 24.3 Å². The zero-order chi connectivity index (χ0) is 14.5. The van der Waals surface area contributed by atoms with Gasteiger partial charge in [0.15, 0.2) is 0 Å². The van der Waals surface area contributed by atoms with E-state index in [9.17, 15) is 9.59 Å². The summed E-state index contributed by atoms with van der Waals surface area (Å²) in [6.07, 6.45) is 1.59. The zero-order valence-corrected chi connectivity index (χ0v) is 11.1. The summed E-state index contributed by atoms with van der Waals surface area (Å²) in [6, 6.07) is 5.55. The third-order valence-corrected chi connectivity index (χ3v) is 2.81. The van der Waals surface area contributed by atoms with Crippen LogP contribution in [0.2, 0.25) is 5.02 Å². The van der Waals surface area contributed by atoms with Crippen LogP contribution in [0.25, 0.3) is 0 Å². The Balaban J connectivity index is 2.09. The van der Waals surface area contributed by atoms with Crippen LogP contribution in [-0.2, 0) is 6.54 Å². The first-order chi connectivity index (χ1) is 9.56. The largest absolute Gasteiger partial charge is 0.351 e. The molecule has 0 spiro atoms. The third-order valence-electron chi connectivity index (χ3n) is 2.48. The Morgan fingerprint density at radius 2 is 2.15 bits per heavy atom. The minimum Gasteiger partial charge on any atom is -0.351 e. The maximum absolute atomic E-state index is 12.0. The average molecular weight is 294 g/mol. The number of amides is 3. The van der Waals surface area contributed by atoms with Gasteiger partial charge in [-0.1, -0.05) is 11.6 Å². The lowest BCUT2D eigenvalue weighted by Gasteiger charge is -2.08. The zero-order valence-electron chi connectivity index (χ0n) is 10.3. The van der Waals surface area contributed by atoms with Crippen LogP contribution in [-0.4, -0.2) is 22.1 Å². The van der Waals surface area contributed by atoms with Gasteiger partial charge in [0, 0.05) is 11.9 Å². The number of nitrogens with two attached hydrogens (primary N) is 1. The first-order valence-corrected chi connectivity index (χ1v) is 6.06. The van der Waals surface area contributed by atoms with Crippen LogP contribution in [0.5, 0.6) is 0 Å². The van der Waals surface area contributed by atoms with Gasteiger partial charge in [-0.3, -0.25) is 9.89 Å². The Morgan fingerprint density at radius 3 is 2.80 bits per heavy atom. The van der Waals surface area contributed by atoms with Gasteiger partial charge in [-0.15, -0.1) is 0 Å². The predicted molar refractivity (Wildman–Crippen MR) is 74.4 cm³/mol. The number of nitrogens with one attached hydrogen (secondary N) is 3. The number of hydrogen-bond acceptors (Lipinski definition) is 3. The lowest BCUT2D eigenvalue weighted by Crippen LogP contribution is -2.24. The van der Waals surface area contributed by atoms with E-state index < -0.39 is 6.03 Å². The van der Waals surface area contributed by atoms with Gasteiger partial charge in [-0.2, -0.15) is 5.10 Å². The monoisotopic (exact) mass is 293 g/mol. The Labute approximate surface area is 119 Å². The van der Waals surface area contributed by atoms with E-state index in [2.05, 4.69) is 20.8 Å². The molecule has 0 aliphatic heterocycles. The van der Waals surface area contributed by atoms with E-state index in [1.165, 1.54) is 12.1 Å². The van der Waals surface area contributed by atoms with Crippen molar-refractivity contribution in [2.75, 3.05) is 5.32 Å². The number of H-pyrrole nitrogens is 1. The van der Waals surface area contributed by atoms with E-state index in [0.717, 1.165) is 5.69 Å². The fourth-order valence-electron chi connectivity index (χ4n) is 1.57. The van der Waals surface area contributed by atoms with Gasteiger partial charge in [-0.25, -0.2) is 4.79 Å². The molecule has 104 valence electrons. The molecule has 0 fully saturated rings. The molecule has 0 bridgehead atoms. The van der Waals surface area contributed by atoms with Crippen molar-refractivity contribution in [3.05, 3.63) is 46.7 Å². The number of aromatic nitrogens is 2. The highest BCUT2D eigenvalue weighted by molar-refractivity contribution is 6.34. The molecule has 20 heavy (non-hydrogen) atoms. The Kier molecular flexibility index (Phi) is 4.21. The standard InChI is InChI=1S/C12H12ClN5O2/c13-10-2-1-7(17-12(14)20)5-9(10)11(19)15-6-8-3-4-16-18-8/h1-5H,6H2,(H,15,19)(H,16,18)(H3,14,17,20). The van der Waals surface area contributed by atoms with Gasteiger partial charge in [0.05, 0.1) is 22.8 Å². The molecule has 0 saturated heterocycles. The smallest absolute Gasteiger partial charge is 0.316 e. The highest BCUT2D eigenvalue weighted by Gasteiger charge is 2.12. The SMILES string of the molecule is NC(=O)Nc1ccc(Cl)c(C(=O)NCc2ccn[nH]2)c1. The van der Waals surface area contributed by atoms with E-state index >= 15 is 0 Å². The van der Waals surface area contributed by atoms with E-state index in [1.807, 2.05) is 0 Å². The van der Waals surface area contributed by atoms with Crippen LogP contribution in [0.4, 0.5) is 10.5 Å². The van der Waals surface area contributed by atoms with Crippen molar-refractivity contribution < 1.29 is 9.59 Å². The van der Waals surface area contributed by atoms with Crippen molar-refractivity contribution in [1.82, 2.24) is 15.5 Å². The second-order valence-electron chi connectivity index (χ2n) is 3.95. The maximum Gasteiger partial charge on any atom is 0.316 e. The number of nitrogens with zero attached hydrogens (tertiary/aromatic N) is 1. The first kappa shape index (κ1) is 13.9. The summed E-state index contributed by atoms with van der Waals surface area (Å²) in [7, 11) is 0. The molecule has 0 saturated carbocycles. The fraction of sp³-hybridized carbons (Fsp3) is 0.0833. The number of carbonyl (C=O) groups excluding carboxylic acids is 2. The molecule has 5 N–H and O–H groups in total. The van der Waals surface area contributed by atoms with Crippen LogP contribution in [0.3, 0.4) is 0 Å². The van der Waals surface area contributed by atoms with E-state index in [-0.39, 0.29) is 16.5 Å². The van der Waals surface area contributed by atoms with Crippen LogP contribution in [0.1, 0.15) is 16.1 Å². The van der Waals surface area contributed by atoms with Crippen molar-refractivity contribution in [1.29, 1.82) is 0 Å². The van der Waals surface area contributed by atoms with Crippen LogP contribution in [0.15, 0.2) is 30.5 Å². The molecule has 0 aliphatic rings. The quantitative estimate of drug-likeness (QED) is 0.684. The molecule has 7 nitrogen and oxygen atoms in total. The number of urea groups is 1. The number of primary amides is 1. The molecule has 0 aliphatic carbocycles. The molecule has 1 aromatic carbocycles. The minimum atomic E-state index is -0.712. The number of halogens is 1. The number of benzene rings is 1. The molecule has 2 rings (SSSR count). The van der Waals surface area contributed by atoms with Crippen LogP contribution in [0, 0.1) is 0 Å². The van der Waals surface area contributed by atoms with Crippen molar-refractivity contribution in [3.8, 4) is 0 Å². The number of carbonyl (C=O) groups is 2. The second kappa shape index (κ2) is 6.07. The summed E-state index contributed by atoms with van der Waals surface area (Å²) in [5.74, 6) is -0.363. The molecule has 0 radical (unpaired) electrons. The lowest BCUT2D eigenvalue weighted by atomic mass is 10.2. The number of hydrogen-bond donors (Lipinski definition) is 4. The summed E-state index contributed by atoms with van der Waals surface area (Å²) in [6.45, 7) is 0.294. The molecule has 3 amide bonds. The summed E-state index contributed by atoms with van der Waals surface area (Å²) in [5, 5.41) is 11.8.